The van der Waals surface area contributed by atoms with Crippen LogP contribution >= 0.6 is 15.9 Å². The number of para-hydroxylation sites is 1. The van der Waals surface area contributed by atoms with Crippen LogP contribution in [0.5, 0.6) is 11.5 Å². The molecule has 0 atom stereocenters. The molecule has 0 bridgehead atoms. The smallest absolute Gasteiger partial charge is 0.201 e. The quantitative estimate of drug-likeness (QED) is 0.718. The van der Waals surface area contributed by atoms with E-state index in [1.54, 1.807) is 18.2 Å². The molecule has 0 aliphatic rings. The SMILES string of the molecule is [C-]#[N+]c1ccc(Oc2ccccc2)cc1Br. The van der Waals surface area contributed by atoms with Gasteiger partial charge in [-0.3, -0.25) is 0 Å². The maximum absolute atomic E-state index is 6.93. The van der Waals surface area contributed by atoms with Gasteiger partial charge in [0, 0.05) is 4.47 Å². The number of nitrogens with zero attached hydrogens (tertiary/aromatic N) is 1. The van der Waals surface area contributed by atoms with E-state index in [0.29, 0.717) is 11.4 Å². The Morgan fingerprint density at radius 2 is 1.75 bits per heavy atom. The molecule has 0 aliphatic heterocycles. The number of rotatable bonds is 2. The van der Waals surface area contributed by atoms with Gasteiger partial charge in [0.2, 0.25) is 5.69 Å². The maximum Gasteiger partial charge on any atom is 0.201 e. The Balaban J connectivity index is 2.24. The number of halogens is 1. The minimum atomic E-state index is 0.584. The molecular formula is C13H8BrNO. The molecule has 0 aromatic heterocycles. The molecule has 2 rings (SSSR count). The fourth-order valence-corrected chi connectivity index (χ4v) is 1.71. The van der Waals surface area contributed by atoms with Gasteiger partial charge in [-0.15, -0.1) is 0 Å². The van der Waals surface area contributed by atoms with Crippen LogP contribution in [-0.2, 0) is 0 Å². The standard InChI is InChI=1S/C13H8BrNO/c1-15-13-8-7-11(9-12(13)14)16-10-5-3-2-4-6-10/h2-9H. The minimum absolute atomic E-state index is 0.584. The van der Waals surface area contributed by atoms with E-state index in [4.69, 9.17) is 11.3 Å². The largest absolute Gasteiger partial charge is 0.457 e. The van der Waals surface area contributed by atoms with Crippen LogP contribution in [0.15, 0.2) is 53.0 Å². The molecule has 2 aromatic rings. The lowest BCUT2D eigenvalue weighted by Crippen LogP contribution is -1.82. The first kappa shape index (κ1) is 10.7. The highest BCUT2D eigenvalue weighted by Gasteiger charge is 2.02. The third kappa shape index (κ3) is 2.41. The van der Waals surface area contributed by atoms with E-state index < -0.39 is 0 Å². The first-order chi connectivity index (χ1) is 7.79. The van der Waals surface area contributed by atoms with Crippen molar-refractivity contribution in [2.75, 3.05) is 0 Å². The van der Waals surface area contributed by atoms with Crippen LogP contribution < -0.4 is 4.74 Å². The highest BCUT2D eigenvalue weighted by atomic mass is 79.9. The Bertz CT molecular complexity index is 531. The summed E-state index contributed by atoms with van der Waals surface area (Å²) in [6.07, 6.45) is 0. The fraction of sp³-hybridized carbons (Fsp3) is 0. The van der Waals surface area contributed by atoms with Crippen LogP contribution in [0.3, 0.4) is 0 Å². The van der Waals surface area contributed by atoms with Gasteiger partial charge in [0.25, 0.3) is 0 Å². The van der Waals surface area contributed by atoms with Crippen molar-refractivity contribution in [2.45, 2.75) is 0 Å². The maximum atomic E-state index is 6.93. The van der Waals surface area contributed by atoms with E-state index in [-0.39, 0.29) is 0 Å². The molecule has 0 spiro atoms. The molecule has 0 amide bonds. The molecule has 0 radical (unpaired) electrons. The van der Waals surface area contributed by atoms with Crippen molar-refractivity contribution >= 4 is 21.6 Å². The van der Waals surface area contributed by atoms with Crippen molar-refractivity contribution in [3.63, 3.8) is 0 Å². The topological polar surface area (TPSA) is 13.6 Å². The second-order valence-electron chi connectivity index (χ2n) is 3.14. The first-order valence-corrected chi connectivity index (χ1v) is 5.49. The van der Waals surface area contributed by atoms with Gasteiger partial charge in [0.1, 0.15) is 11.5 Å². The Labute approximate surface area is 102 Å². The second-order valence-corrected chi connectivity index (χ2v) is 3.99. The van der Waals surface area contributed by atoms with Crippen LogP contribution in [0.25, 0.3) is 4.85 Å². The average molecular weight is 274 g/mol. The number of ether oxygens (including phenoxy) is 1. The van der Waals surface area contributed by atoms with Crippen LogP contribution in [-0.4, -0.2) is 0 Å². The monoisotopic (exact) mass is 273 g/mol. The van der Waals surface area contributed by atoms with Gasteiger partial charge in [0.15, 0.2) is 0 Å². The Morgan fingerprint density at radius 1 is 1.00 bits per heavy atom. The van der Waals surface area contributed by atoms with Crippen molar-refractivity contribution < 1.29 is 4.74 Å². The van der Waals surface area contributed by atoms with Gasteiger partial charge in [0.05, 0.1) is 6.57 Å². The summed E-state index contributed by atoms with van der Waals surface area (Å²) in [5.74, 6) is 1.50. The minimum Gasteiger partial charge on any atom is -0.457 e. The summed E-state index contributed by atoms with van der Waals surface area (Å²) in [5, 5.41) is 0. The van der Waals surface area contributed by atoms with Crippen LogP contribution in [0.2, 0.25) is 0 Å². The first-order valence-electron chi connectivity index (χ1n) is 4.69. The molecule has 2 aromatic carbocycles. The van der Waals surface area contributed by atoms with E-state index in [1.165, 1.54) is 0 Å². The summed E-state index contributed by atoms with van der Waals surface area (Å²) in [5.41, 5.74) is 0.584. The molecule has 78 valence electrons. The van der Waals surface area contributed by atoms with Crippen molar-refractivity contribution in [3.05, 3.63) is 64.4 Å². The lowest BCUT2D eigenvalue weighted by molar-refractivity contribution is 0.482. The molecule has 0 aliphatic carbocycles. The molecule has 0 unspecified atom stereocenters. The molecule has 3 heteroatoms. The van der Waals surface area contributed by atoms with Crippen LogP contribution in [0, 0.1) is 6.57 Å². The Hall–Kier alpha value is -1.79. The molecule has 0 saturated carbocycles. The highest BCUT2D eigenvalue weighted by molar-refractivity contribution is 9.10. The predicted molar refractivity (Wildman–Crippen MR) is 66.9 cm³/mol. The van der Waals surface area contributed by atoms with Gasteiger partial charge in [-0.25, -0.2) is 4.85 Å². The van der Waals surface area contributed by atoms with Gasteiger partial charge in [-0.1, -0.05) is 40.2 Å². The van der Waals surface area contributed by atoms with Crippen molar-refractivity contribution in [2.24, 2.45) is 0 Å². The summed E-state index contributed by atoms with van der Waals surface area (Å²) in [4.78, 5) is 3.37. The zero-order valence-corrected chi connectivity index (χ0v) is 9.94. The van der Waals surface area contributed by atoms with Gasteiger partial charge in [-0.2, -0.15) is 0 Å². The molecule has 0 N–H and O–H groups in total. The third-order valence-corrected chi connectivity index (χ3v) is 2.65. The zero-order valence-electron chi connectivity index (χ0n) is 8.35. The van der Waals surface area contributed by atoms with E-state index in [2.05, 4.69) is 20.8 Å². The zero-order chi connectivity index (χ0) is 11.4. The van der Waals surface area contributed by atoms with Crippen LogP contribution in [0.4, 0.5) is 5.69 Å². The summed E-state index contributed by atoms with van der Waals surface area (Å²) in [6.45, 7) is 6.93. The van der Waals surface area contributed by atoms with Crippen molar-refractivity contribution in [3.8, 4) is 11.5 Å². The van der Waals surface area contributed by atoms with Crippen LogP contribution in [0.1, 0.15) is 0 Å². The molecule has 0 heterocycles. The molecular weight excluding hydrogens is 266 g/mol. The summed E-state index contributed by atoms with van der Waals surface area (Å²) in [6, 6.07) is 14.8. The predicted octanol–water partition coefficient (Wildman–Crippen LogP) is 4.79. The number of hydrogen-bond donors (Lipinski definition) is 0. The number of hydrogen-bond acceptors (Lipinski definition) is 1. The lowest BCUT2D eigenvalue weighted by Gasteiger charge is -2.06. The van der Waals surface area contributed by atoms with Crippen molar-refractivity contribution in [1.82, 2.24) is 0 Å². The normalized spacial score (nSPS) is 9.50. The van der Waals surface area contributed by atoms with E-state index in [9.17, 15) is 0 Å². The fourth-order valence-electron chi connectivity index (χ4n) is 1.27. The van der Waals surface area contributed by atoms with Gasteiger partial charge >= 0.3 is 0 Å². The van der Waals surface area contributed by atoms with Crippen molar-refractivity contribution in [1.29, 1.82) is 0 Å². The summed E-state index contributed by atoms with van der Waals surface area (Å²) < 4.78 is 6.37. The Morgan fingerprint density at radius 3 is 2.38 bits per heavy atom. The number of benzene rings is 2. The van der Waals surface area contributed by atoms with Gasteiger partial charge < -0.3 is 4.74 Å². The highest BCUT2D eigenvalue weighted by Crippen LogP contribution is 2.31. The Kier molecular flexibility index (Phi) is 3.23. The second kappa shape index (κ2) is 4.82. The summed E-state index contributed by atoms with van der Waals surface area (Å²) in [7, 11) is 0. The third-order valence-electron chi connectivity index (χ3n) is 2.02. The van der Waals surface area contributed by atoms with E-state index >= 15 is 0 Å². The average Bonchev–Trinajstić information content (AvgIpc) is 2.31. The lowest BCUT2D eigenvalue weighted by atomic mass is 10.3. The molecule has 16 heavy (non-hydrogen) atoms. The molecule has 2 nitrogen and oxygen atoms in total. The van der Waals surface area contributed by atoms with Gasteiger partial charge in [-0.05, 0) is 24.3 Å². The van der Waals surface area contributed by atoms with E-state index in [0.717, 1.165) is 10.2 Å². The van der Waals surface area contributed by atoms with E-state index in [1.807, 2.05) is 30.3 Å². The molecule has 0 fully saturated rings. The molecule has 0 saturated heterocycles. The summed E-state index contributed by atoms with van der Waals surface area (Å²) >= 11 is 3.33.